The van der Waals surface area contributed by atoms with Gasteiger partial charge in [-0.2, -0.15) is 0 Å². The zero-order chi connectivity index (χ0) is 20.4. The van der Waals surface area contributed by atoms with E-state index < -0.39 is 11.9 Å². The predicted octanol–water partition coefficient (Wildman–Crippen LogP) is 1.86. The minimum atomic E-state index is -0.717. The molecule has 0 bridgehead atoms. The first-order chi connectivity index (χ1) is 14.0. The third-order valence-electron chi connectivity index (χ3n) is 4.68. The number of nitrogens with one attached hydrogen (secondary N) is 3. The molecule has 0 aromatic heterocycles. The van der Waals surface area contributed by atoms with Crippen LogP contribution in [0.1, 0.15) is 30.1 Å². The van der Waals surface area contributed by atoms with E-state index in [-0.39, 0.29) is 23.7 Å². The first-order valence-corrected chi connectivity index (χ1v) is 9.47. The van der Waals surface area contributed by atoms with Crippen molar-refractivity contribution in [2.75, 3.05) is 10.3 Å². The quantitative estimate of drug-likeness (QED) is 0.724. The fourth-order valence-corrected chi connectivity index (χ4v) is 2.97. The van der Waals surface area contributed by atoms with Crippen LogP contribution in [0.3, 0.4) is 0 Å². The Morgan fingerprint density at radius 3 is 2.45 bits per heavy atom. The van der Waals surface area contributed by atoms with Crippen molar-refractivity contribution in [3.63, 3.8) is 0 Å². The van der Waals surface area contributed by atoms with E-state index in [0.29, 0.717) is 16.9 Å². The Bertz CT molecular complexity index is 985. The topological polar surface area (TPSA) is 103 Å². The maximum atomic E-state index is 12.8. The molecular formula is C21H21N5O3. The van der Waals surface area contributed by atoms with Crippen LogP contribution in [0, 0.1) is 0 Å². The third-order valence-corrected chi connectivity index (χ3v) is 4.68. The molecule has 148 valence electrons. The Kier molecular flexibility index (Phi) is 4.99. The summed E-state index contributed by atoms with van der Waals surface area (Å²) in [4.78, 5) is 41.9. The zero-order valence-electron chi connectivity index (χ0n) is 15.9. The monoisotopic (exact) mass is 391 g/mol. The van der Waals surface area contributed by atoms with Crippen LogP contribution in [0.2, 0.25) is 0 Å². The lowest BCUT2D eigenvalue weighted by Crippen LogP contribution is -2.57. The molecule has 1 atom stereocenters. The van der Waals surface area contributed by atoms with Crippen LogP contribution in [-0.4, -0.2) is 35.6 Å². The lowest BCUT2D eigenvalue weighted by Gasteiger charge is -2.30. The van der Waals surface area contributed by atoms with Crippen molar-refractivity contribution in [1.29, 1.82) is 0 Å². The number of carbonyl (C=O) groups excluding carboxylic acids is 3. The summed E-state index contributed by atoms with van der Waals surface area (Å²) in [5.41, 5.74) is 4.16. The van der Waals surface area contributed by atoms with Crippen LogP contribution in [-0.2, 0) is 9.59 Å². The van der Waals surface area contributed by atoms with Crippen molar-refractivity contribution in [1.82, 2.24) is 10.7 Å². The van der Waals surface area contributed by atoms with Gasteiger partial charge in [-0.15, -0.1) is 0 Å². The van der Waals surface area contributed by atoms with Gasteiger partial charge in [-0.05, 0) is 44.0 Å². The van der Waals surface area contributed by atoms with E-state index in [2.05, 4.69) is 21.1 Å². The number of hydrogen-bond acceptors (Lipinski definition) is 5. The van der Waals surface area contributed by atoms with Crippen molar-refractivity contribution in [2.45, 2.75) is 31.8 Å². The number of hydrazine groups is 1. The molecule has 29 heavy (non-hydrogen) atoms. The molecule has 1 heterocycles. The minimum absolute atomic E-state index is 0.00152. The van der Waals surface area contributed by atoms with Crippen LogP contribution < -0.4 is 21.1 Å². The van der Waals surface area contributed by atoms with Gasteiger partial charge in [-0.1, -0.05) is 30.3 Å². The van der Waals surface area contributed by atoms with Crippen molar-refractivity contribution in [3.05, 3.63) is 60.2 Å². The average Bonchev–Trinajstić information content (AvgIpc) is 3.55. The Labute approximate surface area is 168 Å². The van der Waals surface area contributed by atoms with Gasteiger partial charge in [0, 0.05) is 6.04 Å². The molecule has 1 fully saturated rings. The molecule has 0 spiro atoms. The summed E-state index contributed by atoms with van der Waals surface area (Å²) in [7, 11) is 0. The van der Waals surface area contributed by atoms with E-state index in [1.165, 1.54) is 5.01 Å². The number of para-hydroxylation sites is 2. The number of nitrogens with zero attached hydrogens (tertiary/aromatic N) is 2. The maximum absolute atomic E-state index is 12.8. The Morgan fingerprint density at radius 1 is 1.03 bits per heavy atom. The molecule has 1 saturated carbocycles. The van der Waals surface area contributed by atoms with Crippen molar-refractivity contribution in [3.8, 4) is 0 Å². The lowest BCUT2D eigenvalue weighted by atomic mass is 10.1. The van der Waals surface area contributed by atoms with E-state index >= 15 is 0 Å². The van der Waals surface area contributed by atoms with Gasteiger partial charge >= 0.3 is 0 Å². The summed E-state index contributed by atoms with van der Waals surface area (Å²) in [6.07, 6.45) is 1.95. The van der Waals surface area contributed by atoms with Crippen molar-refractivity contribution in [2.24, 2.45) is 4.99 Å². The van der Waals surface area contributed by atoms with E-state index in [0.717, 1.165) is 12.8 Å². The summed E-state index contributed by atoms with van der Waals surface area (Å²) in [6, 6.07) is 15.3. The van der Waals surface area contributed by atoms with E-state index in [9.17, 15) is 14.4 Å². The molecule has 4 rings (SSSR count). The zero-order valence-corrected chi connectivity index (χ0v) is 15.9. The molecule has 2 aliphatic rings. The third kappa shape index (κ3) is 4.11. The average molecular weight is 391 g/mol. The van der Waals surface area contributed by atoms with Crippen molar-refractivity contribution >= 4 is 34.9 Å². The van der Waals surface area contributed by atoms with Crippen LogP contribution in [0.25, 0.3) is 0 Å². The number of aliphatic imine (C=N–C) groups is 1. The van der Waals surface area contributed by atoms with E-state index in [1.807, 2.05) is 6.07 Å². The molecule has 1 aliphatic carbocycles. The summed E-state index contributed by atoms with van der Waals surface area (Å²) in [5, 5.41) is 6.95. The second-order valence-corrected chi connectivity index (χ2v) is 7.02. The van der Waals surface area contributed by atoms with Gasteiger partial charge in [0.1, 0.15) is 6.04 Å². The molecule has 1 unspecified atom stereocenters. The number of hydrogen-bond donors (Lipinski definition) is 3. The molecule has 1 aliphatic heterocycles. The van der Waals surface area contributed by atoms with Crippen LogP contribution in [0.5, 0.6) is 0 Å². The minimum Gasteiger partial charge on any atom is -0.349 e. The molecule has 0 saturated heterocycles. The standard InChI is InChI=1S/C21H21N5O3/c1-13-21(29)26(15-7-3-2-4-8-15)25-18(22-13)20(28)24-17-10-6-5-9-16(17)19(27)23-14-11-12-14/h2-10,13-14H,11-12H2,1H3,(H,22,25)(H,23,27)(H,24,28). The molecule has 2 aromatic rings. The summed E-state index contributed by atoms with van der Waals surface area (Å²) in [5.74, 6) is -1.02. The van der Waals surface area contributed by atoms with Crippen LogP contribution >= 0.6 is 0 Å². The highest BCUT2D eigenvalue weighted by atomic mass is 16.2. The number of amidine groups is 1. The summed E-state index contributed by atoms with van der Waals surface area (Å²) in [6.45, 7) is 1.63. The molecule has 8 heteroatoms. The number of rotatable bonds is 5. The Balaban J connectivity index is 1.53. The number of benzene rings is 2. The van der Waals surface area contributed by atoms with Gasteiger partial charge < -0.3 is 10.6 Å². The fraction of sp³-hybridized carbons (Fsp3) is 0.238. The molecule has 3 amide bonds. The fourth-order valence-electron chi connectivity index (χ4n) is 2.97. The highest BCUT2D eigenvalue weighted by molar-refractivity contribution is 6.43. The molecule has 3 N–H and O–H groups in total. The molecule has 8 nitrogen and oxygen atoms in total. The maximum Gasteiger partial charge on any atom is 0.292 e. The second kappa shape index (κ2) is 7.75. The first kappa shape index (κ1) is 18.7. The highest BCUT2D eigenvalue weighted by Gasteiger charge is 2.31. The van der Waals surface area contributed by atoms with E-state index in [4.69, 9.17) is 0 Å². The number of amides is 3. The predicted molar refractivity (Wildman–Crippen MR) is 110 cm³/mol. The van der Waals surface area contributed by atoms with Gasteiger partial charge in [0.15, 0.2) is 0 Å². The van der Waals surface area contributed by atoms with Gasteiger partial charge in [0.2, 0.25) is 5.84 Å². The summed E-state index contributed by atoms with van der Waals surface area (Å²) < 4.78 is 0. The first-order valence-electron chi connectivity index (χ1n) is 9.47. The van der Waals surface area contributed by atoms with E-state index in [1.54, 1.807) is 55.5 Å². The lowest BCUT2D eigenvalue weighted by molar-refractivity contribution is -0.120. The largest absolute Gasteiger partial charge is 0.349 e. The number of anilines is 2. The molecule has 2 aromatic carbocycles. The van der Waals surface area contributed by atoms with Crippen molar-refractivity contribution < 1.29 is 14.4 Å². The van der Waals surface area contributed by atoms with Gasteiger partial charge in [-0.3, -0.25) is 19.8 Å². The second-order valence-electron chi connectivity index (χ2n) is 7.02. The number of carbonyl (C=O) groups is 3. The Morgan fingerprint density at radius 2 is 1.72 bits per heavy atom. The van der Waals surface area contributed by atoms with Gasteiger partial charge in [0.05, 0.1) is 16.9 Å². The van der Waals surface area contributed by atoms with Gasteiger partial charge in [0.25, 0.3) is 17.7 Å². The molecular weight excluding hydrogens is 370 g/mol. The summed E-state index contributed by atoms with van der Waals surface area (Å²) >= 11 is 0. The smallest absolute Gasteiger partial charge is 0.292 e. The SMILES string of the molecule is CC1N=C(C(=O)Nc2ccccc2C(=O)NC2CC2)NN(c2ccccc2)C1=O. The molecule has 0 radical (unpaired) electrons. The highest BCUT2D eigenvalue weighted by Crippen LogP contribution is 2.22. The van der Waals surface area contributed by atoms with Crippen LogP contribution in [0.15, 0.2) is 59.6 Å². The Hall–Kier alpha value is -3.68. The van der Waals surface area contributed by atoms with Crippen LogP contribution in [0.4, 0.5) is 11.4 Å². The van der Waals surface area contributed by atoms with Gasteiger partial charge in [-0.25, -0.2) is 10.0 Å². The normalized spacial score (nSPS) is 18.5.